The average molecular weight is 334 g/mol. The molecule has 0 atom stereocenters. The van der Waals surface area contributed by atoms with Crippen LogP contribution in [-0.4, -0.2) is 42.8 Å². The zero-order chi connectivity index (χ0) is 17.4. The Balaban J connectivity index is 1.81. The molecule has 1 fully saturated rings. The van der Waals surface area contributed by atoms with E-state index in [0.717, 1.165) is 31.6 Å². The van der Waals surface area contributed by atoms with Gasteiger partial charge in [0.25, 0.3) is 5.91 Å². The highest BCUT2D eigenvalue weighted by molar-refractivity contribution is 5.96. The van der Waals surface area contributed by atoms with Crippen molar-refractivity contribution in [2.24, 2.45) is 5.92 Å². The monoisotopic (exact) mass is 334 g/mol. The molecule has 0 heterocycles. The maximum Gasteiger partial charge on any atom is 0.340 e. The topological polar surface area (TPSA) is 87.7 Å². The Morgan fingerprint density at radius 1 is 1.21 bits per heavy atom. The van der Waals surface area contributed by atoms with Crippen LogP contribution in [-0.2, 0) is 9.53 Å². The first-order valence-electron chi connectivity index (χ1n) is 8.50. The fraction of sp³-hybridized carbons (Fsp3) is 0.556. The zero-order valence-electron chi connectivity index (χ0n) is 14.1. The van der Waals surface area contributed by atoms with Crippen LogP contribution in [0.4, 0.5) is 5.69 Å². The second-order valence-electron chi connectivity index (χ2n) is 6.30. The molecule has 0 unspecified atom stereocenters. The van der Waals surface area contributed by atoms with Crippen molar-refractivity contribution in [3.8, 4) is 0 Å². The van der Waals surface area contributed by atoms with Gasteiger partial charge >= 0.3 is 5.97 Å². The van der Waals surface area contributed by atoms with Crippen LogP contribution in [0.1, 0.15) is 43.0 Å². The number of benzene rings is 1. The quantitative estimate of drug-likeness (QED) is 0.663. The Hall–Kier alpha value is -2.08. The summed E-state index contributed by atoms with van der Waals surface area (Å²) in [5, 5.41) is 14.8. The third-order valence-corrected chi connectivity index (χ3v) is 4.29. The van der Waals surface area contributed by atoms with Crippen LogP contribution in [0.5, 0.6) is 0 Å². The Labute approximate surface area is 142 Å². The molecule has 1 amide bonds. The lowest BCUT2D eigenvalue weighted by Gasteiger charge is -2.26. The summed E-state index contributed by atoms with van der Waals surface area (Å²) in [6.45, 7) is 2.25. The summed E-state index contributed by atoms with van der Waals surface area (Å²) in [6, 6.07) is 7.06. The molecule has 1 aliphatic carbocycles. The fourth-order valence-corrected chi connectivity index (χ4v) is 2.89. The first-order valence-corrected chi connectivity index (χ1v) is 8.50. The minimum absolute atomic E-state index is 0.0359. The molecule has 0 radical (unpaired) electrons. The van der Waals surface area contributed by atoms with Crippen molar-refractivity contribution in [1.29, 1.82) is 0 Å². The Morgan fingerprint density at radius 3 is 2.62 bits per heavy atom. The van der Waals surface area contributed by atoms with Crippen molar-refractivity contribution >= 4 is 17.6 Å². The van der Waals surface area contributed by atoms with Crippen LogP contribution >= 0.6 is 0 Å². The van der Waals surface area contributed by atoms with E-state index in [4.69, 9.17) is 9.84 Å². The predicted octanol–water partition coefficient (Wildman–Crippen LogP) is 1.94. The zero-order valence-corrected chi connectivity index (χ0v) is 14.1. The number of hydrogen-bond donors (Lipinski definition) is 3. The highest BCUT2D eigenvalue weighted by Gasteiger charge is 2.20. The van der Waals surface area contributed by atoms with Crippen LogP contribution in [0, 0.1) is 5.92 Å². The highest BCUT2D eigenvalue weighted by atomic mass is 16.5. The molecule has 0 aromatic heterocycles. The largest absolute Gasteiger partial charge is 0.452 e. The number of carbonyl (C=O) groups excluding carboxylic acids is 2. The summed E-state index contributed by atoms with van der Waals surface area (Å²) in [5.41, 5.74) is 0.934. The Morgan fingerprint density at radius 2 is 1.92 bits per heavy atom. The van der Waals surface area contributed by atoms with E-state index in [2.05, 4.69) is 17.6 Å². The molecule has 6 nitrogen and oxygen atoms in total. The number of ether oxygens (including phenoxy) is 1. The number of anilines is 1. The molecule has 1 aromatic rings. The first-order chi connectivity index (χ1) is 11.6. The molecule has 1 saturated carbocycles. The summed E-state index contributed by atoms with van der Waals surface area (Å²) >= 11 is 0. The number of amides is 1. The van der Waals surface area contributed by atoms with Gasteiger partial charge in [-0.3, -0.25) is 4.79 Å². The van der Waals surface area contributed by atoms with Crippen molar-refractivity contribution in [2.45, 2.75) is 38.6 Å². The molecular weight excluding hydrogens is 308 g/mol. The second kappa shape index (κ2) is 9.27. The molecule has 1 aliphatic rings. The number of carbonyl (C=O) groups is 2. The SMILES string of the molecule is CC1CCC(NC(=O)COC(=O)c2ccccc2NCCO)CC1. The summed E-state index contributed by atoms with van der Waals surface area (Å²) in [5.74, 6) is -0.0916. The molecule has 132 valence electrons. The van der Waals surface area contributed by atoms with Crippen LogP contribution in [0.2, 0.25) is 0 Å². The number of nitrogens with one attached hydrogen (secondary N) is 2. The maximum absolute atomic E-state index is 12.2. The van der Waals surface area contributed by atoms with Gasteiger partial charge in [0.2, 0.25) is 0 Å². The molecule has 1 aromatic carbocycles. The third kappa shape index (κ3) is 5.53. The van der Waals surface area contributed by atoms with Gasteiger partial charge in [0.1, 0.15) is 0 Å². The van der Waals surface area contributed by atoms with Crippen molar-refractivity contribution in [2.75, 3.05) is 25.1 Å². The minimum atomic E-state index is -0.552. The molecule has 3 N–H and O–H groups in total. The fourth-order valence-electron chi connectivity index (χ4n) is 2.89. The lowest BCUT2D eigenvalue weighted by molar-refractivity contribution is -0.125. The van der Waals surface area contributed by atoms with Crippen LogP contribution in [0.3, 0.4) is 0 Å². The van der Waals surface area contributed by atoms with Gasteiger partial charge < -0.3 is 20.5 Å². The average Bonchev–Trinajstić information content (AvgIpc) is 2.60. The maximum atomic E-state index is 12.2. The van der Waals surface area contributed by atoms with Crippen molar-refractivity contribution < 1.29 is 19.4 Å². The molecule has 0 spiro atoms. The number of esters is 1. The van der Waals surface area contributed by atoms with Gasteiger partial charge in [0.15, 0.2) is 6.61 Å². The van der Waals surface area contributed by atoms with Gasteiger partial charge in [-0.05, 0) is 43.7 Å². The second-order valence-corrected chi connectivity index (χ2v) is 6.30. The molecule has 0 saturated heterocycles. The molecule has 2 rings (SSSR count). The molecule has 24 heavy (non-hydrogen) atoms. The van der Waals surface area contributed by atoms with Crippen molar-refractivity contribution in [3.05, 3.63) is 29.8 Å². The van der Waals surface area contributed by atoms with Gasteiger partial charge in [-0.1, -0.05) is 19.1 Å². The van der Waals surface area contributed by atoms with Gasteiger partial charge in [0.05, 0.1) is 12.2 Å². The molecule has 6 heteroatoms. The van der Waals surface area contributed by atoms with Gasteiger partial charge in [-0.15, -0.1) is 0 Å². The van der Waals surface area contributed by atoms with E-state index in [0.29, 0.717) is 17.8 Å². The highest BCUT2D eigenvalue weighted by Crippen LogP contribution is 2.23. The van der Waals surface area contributed by atoms with Crippen molar-refractivity contribution in [1.82, 2.24) is 5.32 Å². The van der Waals surface area contributed by atoms with Crippen LogP contribution < -0.4 is 10.6 Å². The standard InChI is InChI=1S/C18H26N2O4/c1-13-6-8-14(9-7-13)20-17(22)12-24-18(23)15-4-2-3-5-16(15)19-10-11-21/h2-5,13-14,19,21H,6-12H2,1H3,(H,20,22). The molecule has 0 bridgehead atoms. The Bertz CT molecular complexity index is 554. The number of aliphatic hydroxyl groups is 1. The van der Waals surface area contributed by atoms with E-state index < -0.39 is 5.97 Å². The van der Waals surface area contributed by atoms with Gasteiger partial charge in [0, 0.05) is 18.3 Å². The molecular formula is C18H26N2O4. The summed E-state index contributed by atoms with van der Waals surface area (Å²) in [7, 11) is 0. The van der Waals surface area contributed by atoms with E-state index in [9.17, 15) is 9.59 Å². The van der Waals surface area contributed by atoms with E-state index in [1.165, 1.54) is 0 Å². The van der Waals surface area contributed by atoms with Crippen molar-refractivity contribution in [3.63, 3.8) is 0 Å². The number of aliphatic hydroxyl groups excluding tert-OH is 1. The summed E-state index contributed by atoms with van der Waals surface area (Å²) < 4.78 is 5.12. The number of rotatable bonds is 7. The first kappa shape index (κ1) is 18.3. The van der Waals surface area contributed by atoms with E-state index >= 15 is 0 Å². The van der Waals surface area contributed by atoms with E-state index in [1.54, 1.807) is 24.3 Å². The minimum Gasteiger partial charge on any atom is -0.452 e. The predicted molar refractivity (Wildman–Crippen MR) is 91.9 cm³/mol. The van der Waals surface area contributed by atoms with E-state index in [1.807, 2.05) is 0 Å². The summed E-state index contributed by atoms with van der Waals surface area (Å²) in [6.07, 6.45) is 4.20. The Kier molecular flexibility index (Phi) is 7.06. The lowest BCUT2D eigenvalue weighted by Crippen LogP contribution is -2.39. The smallest absolute Gasteiger partial charge is 0.340 e. The molecule has 0 aliphatic heterocycles. The third-order valence-electron chi connectivity index (χ3n) is 4.29. The van der Waals surface area contributed by atoms with Crippen LogP contribution in [0.25, 0.3) is 0 Å². The number of hydrogen-bond acceptors (Lipinski definition) is 5. The van der Waals surface area contributed by atoms with Crippen LogP contribution in [0.15, 0.2) is 24.3 Å². The number of para-hydroxylation sites is 1. The van der Waals surface area contributed by atoms with Gasteiger partial charge in [-0.25, -0.2) is 4.79 Å². The summed E-state index contributed by atoms with van der Waals surface area (Å²) in [4.78, 5) is 24.1. The normalized spacial score (nSPS) is 20.2. The lowest BCUT2D eigenvalue weighted by atomic mass is 9.87. The van der Waals surface area contributed by atoms with Gasteiger partial charge in [-0.2, -0.15) is 0 Å². The van der Waals surface area contributed by atoms with E-state index in [-0.39, 0.29) is 25.2 Å².